The average Bonchev–Trinajstić information content (AvgIpc) is 3.15. The highest BCUT2D eigenvalue weighted by atomic mass is 16.3. The van der Waals surface area contributed by atoms with Gasteiger partial charge in [-0.1, -0.05) is 251 Å². The minimum atomic E-state index is -1.13. The maximum Gasteiger partial charge on any atom is 0.220 e. The minimum Gasteiger partial charge on any atom is -0.394 e. The molecule has 0 heterocycles. The first kappa shape index (κ1) is 51.4. The molecule has 0 aliphatic rings. The number of aliphatic hydroxyl groups excluding tert-OH is 3. The van der Waals surface area contributed by atoms with Crippen molar-refractivity contribution >= 4 is 5.91 Å². The second kappa shape index (κ2) is 43.1. The van der Waals surface area contributed by atoms with Crippen molar-refractivity contribution in [2.24, 2.45) is 0 Å². The molecule has 4 N–H and O–H groups in total. The molecular formula is C47H95NO4. The van der Waals surface area contributed by atoms with Crippen LogP contribution in [0.5, 0.6) is 0 Å². The van der Waals surface area contributed by atoms with E-state index in [1.807, 2.05) is 0 Å². The molecule has 0 saturated carbocycles. The molecule has 312 valence electrons. The molecule has 0 aromatic carbocycles. The van der Waals surface area contributed by atoms with Crippen molar-refractivity contribution in [3.05, 3.63) is 0 Å². The lowest BCUT2D eigenvalue weighted by Crippen LogP contribution is -2.50. The zero-order valence-electron chi connectivity index (χ0n) is 35.5. The van der Waals surface area contributed by atoms with Crippen molar-refractivity contribution in [2.75, 3.05) is 6.61 Å². The first-order valence-corrected chi connectivity index (χ1v) is 23.8. The molecule has 3 atom stereocenters. The summed E-state index contributed by atoms with van der Waals surface area (Å²) in [5, 5.41) is 33.6. The molecule has 0 aliphatic carbocycles. The number of rotatable bonds is 44. The number of carbonyl (C=O) groups is 1. The third kappa shape index (κ3) is 37.7. The van der Waals surface area contributed by atoms with Gasteiger partial charge in [-0.2, -0.15) is 0 Å². The van der Waals surface area contributed by atoms with Crippen LogP contribution in [-0.2, 0) is 4.79 Å². The molecule has 0 radical (unpaired) electrons. The van der Waals surface area contributed by atoms with Crippen LogP contribution in [0.1, 0.15) is 271 Å². The molecule has 0 aliphatic heterocycles. The van der Waals surface area contributed by atoms with E-state index in [1.54, 1.807) is 0 Å². The van der Waals surface area contributed by atoms with Gasteiger partial charge in [0, 0.05) is 6.42 Å². The number of aliphatic hydroxyl groups is 3. The van der Waals surface area contributed by atoms with E-state index in [0.717, 1.165) is 32.1 Å². The van der Waals surface area contributed by atoms with Crippen LogP contribution < -0.4 is 5.32 Å². The minimum absolute atomic E-state index is 0.138. The standard InChI is InChI=1S/C47H95NO4/c1-3-5-7-9-11-13-15-17-19-20-21-22-23-24-25-26-28-30-32-34-36-38-40-42-46(51)48-44(43-49)47(52)45(50)41-39-37-35-33-31-29-27-18-16-14-12-10-8-6-4-2/h44-45,47,49-50,52H,3-43H2,1-2H3,(H,48,51). The van der Waals surface area contributed by atoms with Gasteiger partial charge in [0.1, 0.15) is 6.10 Å². The molecule has 5 nitrogen and oxygen atoms in total. The lowest BCUT2D eigenvalue weighted by atomic mass is 9.99. The third-order valence-corrected chi connectivity index (χ3v) is 11.5. The fraction of sp³-hybridized carbons (Fsp3) is 0.979. The Labute approximate surface area is 326 Å². The molecule has 0 aromatic rings. The second-order valence-corrected chi connectivity index (χ2v) is 16.7. The summed E-state index contributed by atoms with van der Waals surface area (Å²) >= 11 is 0. The first-order valence-electron chi connectivity index (χ1n) is 23.8. The van der Waals surface area contributed by atoms with Crippen LogP contribution in [0.3, 0.4) is 0 Å². The summed E-state index contributed by atoms with van der Waals surface area (Å²) in [6.45, 7) is 4.21. The number of amides is 1. The fourth-order valence-corrected chi connectivity index (χ4v) is 7.75. The summed E-state index contributed by atoms with van der Waals surface area (Å²) in [4.78, 5) is 12.4. The maximum atomic E-state index is 12.4. The predicted molar refractivity (Wildman–Crippen MR) is 227 cm³/mol. The summed E-state index contributed by atoms with van der Waals surface area (Å²) in [7, 11) is 0. The van der Waals surface area contributed by atoms with Crippen LogP contribution in [-0.4, -0.2) is 46.1 Å². The molecule has 0 bridgehead atoms. The van der Waals surface area contributed by atoms with Crippen molar-refractivity contribution in [1.29, 1.82) is 0 Å². The number of hydrogen-bond donors (Lipinski definition) is 4. The van der Waals surface area contributed by atoms with E-state index in [4.69, 9.17) is 0 Å². The smallest absolute Gasteiger partial charge is 0.220 e. The Hall–Kier alpha value is -0.650. The molecule has 1 amide bonds. The summed E-state index contributed by atoms with van der Waals surface area (Å²) in [5.41, 5.74) is 0. The summed E-state index contributed by atoms with van der Waals surface area (Å²) in [6, 6.07) is -0.802. The van der Waals surface area contributed by atoms with Crippen molar-refractivity contribution in [3.8, 4) is 0 Å². The quantitative estimate of drug-likeness (QED) is 0.0469. The van der Waals surface area contributed by atoms with Crippen molar-refractivity contribution in [3.63, 3.8) is 0 Å². The summed E-state index contributed by atoms with van der Waals surface area (Å²) in [6.07, 6.45) is 49.4. The third-order valence-electron chi connectivity index (χ3n) is 11.5. The first-order chi connectivity index (χ1) is 25.6. The lowest BCUT2D eigenvalue weighted by Gasteiger charge is -2.26. The van der Waals surface area contributed by atoms with E-state index in [2.05, 4.69) is 19.2 Å². The SMILES string of the molecule is CCCCCCCCCCCCCCCCCCCCCCCCCC(=O)NC(CO)C(O)C(O)CCCCCCCCCCCCCCCCC. The van der Waals surface area contributed by atoms with Gasteiger partial charge in [0.2, 0.25) is 5.91 Å². The Kier molecular flexibility index (Phi) is 42.5. The van der Waals surface area contributed by atoms with Crippen molar-refractivity contribution in [2.45, 2.75) is 289 Å². The molecule has 0 rings (SSSR count). The van der Waals surface area contributed by atoms with Gasteiger partial charge >= 0.3 is 0 Å². The van der Waals surface area contributed by atoms with Crippen LogP contribution >= 0.6 is 0 Å². The zero-order chi connectivity index (χ0) is 38.0. The van der Waals surface area contributed by atoms with Crippen LogP contribution in [0.2, 0.25) is 0 Å². The molecule has 0 fully saturated rings. The topological polar surface area (TPSA) is 89.8 Å². The monoisotopic (exact) mass is 738 g/mol. The number of hydrogen-bond acceptors (Lipinski definition) is 4. The Morgan fingerprint density at radius 2 is 0.654 bits per heavy atom. The molecule has 0 spiro atoms. The van der Waals surface area contributed by atoms with Gasteiger partial charge < -0.3 is 20.6 Å². The van der Waals surface area contributed by atoms with E-state index < -0.39 is 18.2 Å². The summed E-state index contributed by atoms with van der Waals surface area (Å²) < 4.78 is 0. The Morgan fingerprint density at radius 1 is 0.404 bits per heavy atom. The van der Waals surface area contributed by atoms with E-state index >= 15 is 0 Å². The number of unbranched alkanes of at least 4 members (excludes halogenated alkanes) is 36. The van der Waals surface area contributed by atoms with Gasteiger partial charge in [-0.25, -0.2) is 0 Å². The summed E-state index contributed by atoms with van der Waals surface area (Å²) in [5.74, 6) is -0.138. The highest BCUT2D eigenvalue weighted by molar-refractivity contribution is 5.76. The van der Waals surface area contributed by atoms with Crippen LogP contribution in [0.15, 0.2) is 0 Å². The van der Waals surface area contributed by atoms with Crippen molar-refractivity contribution < 1.29 is 20.1 Å². The largest absolute Gasteiger partial charge is 0.394 e. The van der Waals surface area contributed by atoms with Gasteiger partial charge in [-0.15, -0.1) is 0 Å². The second-order valence-electron chi connectivity index (χ2n) is 16.7. The van der Waals surface area contributed by atoms with Gasteiger partial charge in [-0.05, 0) is 12.8 Å². The maximum absolute atomic E-state index is 12.4. The highest BCUT2D eigenvalue weighted by Crippen LogP contribution is 2.17. The van der Waals surface area contributed by atoms with Crippen LogP contribution in [0, 0.1) is 0 Å². The van der Waals surface area contributed by atoms with E-state index in [-0.39, 0.29) is 12.5 Å². The van der Waals surface area contributed by atoms with E-state index in [9.17, 15) is 20.1 Å². The van der Waals surface area contributed by atoms with Crippen molar-refractivity contribution in [1.82, 2.24) is 5.32 Å². The molecule has 0 aromatic heterocycles. The molecular weight excluding hydrogens is 643 g/mol. The Balaban J connectivity index is 3.53. The zero-order valence-corrected chi connectivity index (χ0v) is 35.5. The number of nitrogens with one attached hydrogen (secondary N) is 1. The lowest BCUT2D eigenvalue weighted by molar-refractivity contribution is -0.124. The van der Waals surface area contributed by atoms with E-state index in [1.165, 1.54) is 212 Å². The van der Waals surface area contributed by atoms with Gasteiger partial charge in [-0.3, -0.25) is 4.79 Å². The van der Waals surface area contributed by atoms with Crippen LogP contribution in [0.25, 0.3) is 0 Å². The molecule has 5 heteroatoms. The van der Waals surface area contributed by atoms with Crippen LogP contribution in [0.4, 0.5) is 0 Å². The molecule has 0 saturated heterocycles. The molecule has 52 heavy (non-hydrogen) atoms. The van der Waals surface area contributed by atoms with Gasteiger partial charge in [0.05, 0.1) is 18.8 Å². The normalized spacial score (nSPS) is 13.4. The Bertz CT molecular complexity index is 688. The number of carbonyl (C=O) groups excluding carboxylic acids is 1. The fourth-order valence-electron chi connectivity index (χ4n) is 7.75. The molecule has 3 unspecified atom stereocenters. The van der Waals surface area contributed by atoms with Gasteiger partial charge in [0.25, 0.3) is 0 Å². The highest BCUT2D eigenvalue weighted by Gasteiger charge is 2.26. The van der Waals surface area contributed by atoms with Gasteiger partial charge in [0.15, 0.2) is 0 Å². The van der Waals surface area contributed by atoms with E-state index in [0.29, 0.717) is 12.8 Å². The predicted octanol–water partition coefficient (Wildman–Crippen LogP) is 13.8. The Morgan fingerprint density at radius 3 is 0.923 bits per heavy atom. The average molecular weight is 738 g/mol.